The molecule has 0 spiro atoms. The minimum Gasteiger partial charge on any atom is -0.147 e. The Morgan fingerprint density at radius 1 is 1.40 bits per heavy atom. The zero-order chi connectivity index (χ0) is 6.53. The first kappa shape index (κ1) is 10.7. The van der Waals surface area contributed by atoms with Crippen molar-refractivity contribution in [2.45, 2.75) is 44.7 Å². The van der Waals surface area contributed by atoms with E-state index in [4.69, 9.17) is 0 Å². The molecule has 1 aliphatic carbocycles. The molecule has 0 radical (unpaired) electrons. The Bertz CT molecular complexity index is 71.7. The van der Waals surface area contributed by atoms with Crippen LogP contribution >= 0.6 is 21.0 Å². The van der Waals surface area contributed by atoms with Gasteiger partial charge in [-0.15, -0.1) is 21.0 Å². The van der Waals surface area contributed by atoms with Gasteiger partial charge in [0, 0.05) is 0 Å². The van der Waals surface area contributed by atoms with E-state index in [1.807, 2.05) is 0 Å². The third-order valence-corrected chi connectivity index (χ3v) is 3.87. The molecule has 0 N–H and O–H groups in total. The van der Waals surface area contributed by atoms with E-state index in [2.05, 4.69) is 6.92 Å². The maximum atomic E-state index is 2.28. The third kappa shape index (κ3) is 3.78. The highest BCUT2D eigenvalue weighted by Gasteiger charge is 2.15. The molecule has 0 heterocycles. The summed E-state index contributed by atoms with van der Waals surface area (Å²) in [6, 6.07) is 0. The van der Waals surface area contributed by atoms with Gasteiger partial charge in [0.2, 0.25) is 0 Å². The quantitative estimate of drug-likeness (QED) is 0.459. The molecule has 0 aromatic carbocycles. The summed E-state index contributed by atoms with van der Waals surface area (Å²) in [4.78, 5) is 0. The molecule has 0 aliphatic heterocycles. The average molecular weight is 181 g/mol. The summed E-state index contributed by atoms with van der Waals surface area (Å²) in [6.45, 7) is 2.28. The summed E-state index contributed by atoms with van der Waals surface area (Å²) in [7, 11) is 1.30. The first-order valence-corrected chi connectivity index (χ1v) is 5.45. The number of rotatable bonds is 4. The van der Waals surface area contributed by atoms with Gasteiger partial charge in [0.1, 0.15) is 0 Å². The van der Waals surface area contributed by atoms with E-state index in [1.54, 1.807) is 12.8 Å². The van der Waals surface area contributed by atoms with Gasteiger partial charge in [-0.25, -0.2) is 0 Å². The molecule has 10 heavy (non-hydrogen) atoms. The maximum absolute atomic E-state index is 2.28. The lowest BCUT2D eigenvalue weighted by molar-refractivity contribution is 0.517. The van der Waals surface area contributed by atoms with E-state index in [9.17, 15) is 0 Å². The average Bonchev–Trinajstić information content (AvgIpc) is 1.76. The molecule has 0 bridgehead atoms. The molecular formula is C8H18ClP. The van der Waals surface area contributed by atoms with Crippen molar-refractivity contribution in [3.8, 4) is 0 Å². The second-order valence-corrected chi connectivity index (χ2v) is 4.66. The zero-order valence-electron chi connectivity index (χ0n) is 6.73. The number of unbranched alkanes of at least 4 members (excludes halogenated alkanes) is 1. The van der Waals surface area contributed by atoms with E-state index >= 15 is 0 Å². The monoisotopic (exact) mass is 180 g/mol. The maximum Gasteiger partial charge on any atom is -0.0237 e. The van der Waals surface area contributed by atoms with Gasteiger partial charge in [0.15, 0.2) is 0 Å². The second kappa shape index (κ2) is 6.43. The summed E-state index contributed by atoms with van der Waals surface area (Å²) < 4.78 is 0. The highest BCUT2D eigenvalue weighted by Crippen LogP contribution is 2.36. The topological polar surface area (TPSA) is 0 Å². The van der Waals surface area contributed by atoms with Crippen molar-refractivity contribution in [3.63, 3.8) is 0 Å². The summed E-state index contributed by atoms with van der Waals surface area (Å²) in [5, 5.41) is 0. The van der Waals surface area contributed by atoms with E-state index in [0.717, 1.165) is 5.66 Å². The smallest absolute Gasteiger partial charge is 0.0237 e. The lowest BCUT2D eigenvalue weighted by Crippen LogP contribution is -2.11. The standard InChI is InChI=1S/C8H17P.ClH/c1-2-3-7-9-8-5-4-6-8;/h8-9H,2-7H2,1H3;1H. The van der Waals surface area contributed by atoms with Gasteiger partial charge in [-0.2, -0.15) is 0 Å². The largest absolute Gasteiger partial charge is 0.147 e. The van der Waals surface area contributed by atoms with Crippen molar-refractivity contribution < 1.29 is 0 Å². The fraction of sp³-hybridized carbons (Fsp3) is 1.00. The zero-order valence-corrected chi connectivity index (χ0v) is 8.54. The molecule has 0 saturated heterocycles. The summed E-state index contributed by atoms with van der Waals surface area (Å²) in [5.41, 5.74) is 1.16. The lowest BCUT2D eigenvalue weighted by Gasteiger charge is -2.24. The molecule has 0 nitrogen and oxygen atoms in total. The molecule has 0 amide bonds. The molecule has 62 valence electrons. The Kier molecular flexibility index (Phi) is 6.89. The van der Waals surface area contributed by atoms with E-state index in [-0.39, 0.29) is 12.4 Å². The molecular weight excluding hydrogens is 163 g/mol. The van der Waals surface area contributed by atoms with Crippen LogP contribution in [-0.2, 0) is 0 Å². The number of halogens is 1. The first-order chi connectivity index (χ1) is 4.43. The van der Waals surface area contributed by atoms with Gasteiger partial charge in [-0.1, -0.05) is 19.8 Å². The van der Waals surface area contributed by atoms with Crippen molar-refractivity contribution in [1.29, 1.82) is 0 Å². The normalized spacial score (nSPS) is 18.9. The Morgan fingerprint density at radius 3 is 2.50 bits per heavy atom. The van der Waals surface area contributed by atoms with Crippen LogP contribution in [0.5, 0.6) is 0 Å². The number of hydrogen-bond donors (Lipinski definition) is 0. The highest BCUT2D eigenvalue weighted by molar-refractivity contribution is 7.38. The van der Waals surface area contributed by atoms with Crippen LogP contribution in [0.1, 0.15) is 39.0 Å². The van der Waals surface area contributed by atoms with Crippen LogP contribution in [0.2, 0.25) is 0 Å². The van der Waals surface area contributed by atoms with Crippen molar-refractivity contribution in [2.75, 3.05) is 6.16 Å². The Labute approximate surface area is 72.4 Å². The molecule has 0 aromatic heterocycles. The minimum absolute atomic E-state index is 0. The Morgan fingerprint density at radius 2 is 2.10 bits per heavy atom. The summed E-state index contributed by atoms with van der Waals surface area (Å²) >= 11 is 0. The third-order valence-electron chi connectivity index (χ3n) is 2.07. The van der Waals surface area contributed by atoms with Crippen molar-refractivity contribution in [2.24, 2.45) is 0 Å². The molecule has 1 fully saturated rings. The molecule has 1 unspecified atom stereocenters. The van der Waals surface area contributed by atoms with Crippen LogP contribution in [0.3, 0.4) is 0 Å². The van der Waals surface area contributed by atoms with Crippen molar-refractivity contribution >= 4 is 21.0 Å². The van der Waals surface area contributed by atoms with Crippen LogP contribution in [0.4, 0.5) is 0 Å². The minimum atomic E-state index is 0. The molecule has 1 atom stereocenters. The van der Waals surface area contributed by atoms with Gasteiger partial charge in [0.25, 0.3) is 0 Å². The van der Waals surface area contributed by atoms with Gasteiger partial charge >= 0.3 is 0 Å². The van der Waals surface area contributed by atoms with Crippen molar-refractivity contribution in [1.82, 2.24) is 0 Å². The van der Waals surface area contributed by atoms with Gasteiger partial charge < -0.3 is 0 Å². The second-order valence-electron chi connectivity index (χ2n) is 2.94. The van der Waals surface area contributed by atoms with Crippen molar-refractivity contribution in [3.05, 3.63) is 0 Å². The fourth-order valence-electron chi connectivity index (χ4n) is 1.10. The van der Waals surface area contributed by atoms with Crippen LogP contribution in [0.15, 0.2) is 0 Å². The molecule has 1 aliphatic rings. The van der Waals surface area contributed by atoms with Crippen LogP contribution in [-0.4, -0.2) is 11.8 Å². The number of hydrogen-bond acceptors (Lipinski definition) is 0. The van der Waals surface area contributed by atoms with Gasteiger partial charge in [0.05, 0.1) is 0 Å². The lowest BCUT2D eigenvalue weighted by atomic mass is 10.00. The first-order valence-electron chi connectivity index (χ1n) is 4.17. The van der Waals surface area contributed by atoms with Gasteiger partial charge in [-0.05, 0) is 31.1 Å². The highest BCUT2D eigenvalue weighted by atomic mass is 35.5. The fourth-order valence-corrected chi connectivity index (χ4v) is 2.88. The summed E-state index contributed by atoms with van der Waals surface area (Å²) in [6.07, 6.45) is 8.98. The SMILES string of the molecule is CCCCPC1CCC1.Cl. The molecule has 1 saturated carbocycles. The van der Waals surface area contributed by atoms with Crippen LogP contribution in [0.25, 0.3) is 0 Å². The molecule has 0 aromatic rings. The van der Waals surface area contributed by atoms with Crippen LogP contribution < -0.4 is 0 Å². The van der Waals surface area contributed by atoms with E-state index < -0.39 is 0 Å². The van der Waals surface area contributed by atoms with Gasteiger partial charge in [-0.3, -0.25) is 0 Å². The molecule has 2 heteroatoms. The van der Waals surface area contributed by atoms with Crippen LogP contribution in [0, 0.1) is 0 Å². The Hall–Kier alpha value is 0.720. The predicted molar refractivity (Wildman–Crippen MR) is 53.0 cm³/mol. The summed E-state index contributed by atoms with van der Waals surface area (Å²) in [5.74, 6) is 0. The van der Waals surface area contributed by atoms with E-state index in [1.165, 1.54) is 34.0 Å². The van der Waals surface area contributed by atoms with E-state index in [0.29, 0.717) is 0 Å². The Balaban J connectivity index is 0.000000810. The molecule has 1 rings (SSSR count). The predicted octanol–water partition coefficient (Wildman–Crippen LogP) is 3.44.